The molecule has 1 fully saturated rings. The Morgan fingerprint density at radius 2 is 2.18 bits per heavy atom. The molecule has 4 rings (SSSR count). The summed E-state index contributed by atoms with van der Waals surface area (Å²) in [6.07, 6.45) is -1.64. The minimum atomic E-state index is -1.64. The number of nitrogens with zero attached hydrogens (tertiary/aromatic N) is 1. The van der Waals surface area contributed by atoms with Crippen LogP contribution in [-0.2, 0) is 14.3 Å². The van der Waals surface area contributed by atoms with E-state index in [0.29, 0.717) is 11.3 Å². The molecule has 2 aliphatic heterocycles. The molecular formula is C17H15ClN3O6S+. The summed E-state index contributed by atoms with van der Waals surface area (Å²) in [5.41, 5.74) is 8.48. The van der Waals surface area contributed by atoms with Crippen LogP contribution in [0.4, 0.5) is 4.79 Å². The molecule has 3 heterocycles. The lowest BCUT2D eigenvalue weighted by Crippen LogP contribution is -2.79. The molecule has 2 aromatic rings. The number of thioether (sulfide) groups is 1. The van der Waals surface area contributed by atoms with Crippen molar-refractivity contribution in [3.63, 3.8) is 0 Å². The number of quaternary nitrogens is 1. The number of furan rings is 1. The Morgan fingerprint density at radius 3 is 2.86 bits per heavy atom. The number of carboxylic acid groups (broad SMARTS) is 1. The average Bonchev–Trinajstić information content (AvgIpc) is 3.08. The van der Waals surface area contributed by atoms with Crippen LogP contribution >= 0.6 is 23.4 Å². The molecule has 2 unspecified atom stereocenters. The fourth-order valence-electron chi connectivity index (χ4n) is 3.48. The number of fused-ring (bicyclic) bond motifs is 2. The first-order valence-electron chi connectivity index (χ1n) is 8.23. The quantitative estimate of drug-likeness (QED) is 0.386. The fraction of sp³-hybridized carbons (Fsp3) is 0.235. The van der Waals surface area contributed by atoms with Crippen molar-refractivity contribution in [1.29, 1.82) is 0 Å². The summed E-state index contributed by atoms with van der Waals surface area (Å²) in [4.78, 5) is 36.5. The van der Waals surface area contributed by atoms with Crippen molar-refractivity contribution >= 4 is 52.3 Å². The van der Waals surface area contributed by atoms with Crippen LogP contribution in [-0.4, -0.2) is 45.3 Å². The molecule has 11 heteroatoms. The predicted molar refractivity (Wildman–Crippen MR) is 99.7 cm³/mol. The van der Waals surface area contributed by atoms with Gasteiger partial charge in [0.05, 0.1) is 6.54 Å². The van der Waals surface area contributed by atoms with Gasteiger partial charge in [-0.3, -0.25) is 4.79 Å². The first kappa shape index (κ1) is 18.8. The van der Waals surface area contributed by atoms with Crippen molar-refractivity contribution < 1.29 is 33.2 Å². The van der Waals surface area contributed by atoms with Gasteiger partial charge in [-0.05, 0) is 12.1 Å². The van der Waals surface area contributed by atoms with Gasteiger partial charge in [0.2, 0.25) is 0 Å². The number of nitrogens with two attached hydrogens (primary N) is 1. The van der Waals surface area contributed by atoms with Crippen LogP contribution < -0.4 is 11.2 Å². The summed E-state index contributed by atoms with van der Waals surface area (Å²) in [6.45, 7) is -0.391. The molecule has 1 aromatic heterocycles. The first-order valence-corrected chi connectivity index (χ1v) is 9.65. The SMILES string of the molecule is NCC(=O)N[N+]12C(=O)C(c3cc4ccccc4o3)[C@@H]1SCC(Cl)=C2OC(=O)O. The van der Waals surface area contributed by atoms with Crippen LogP contribution in [0.2, 0.25) is 0 Å². The van der Waals surface area contributed by atoms with Crippen molar-refractivity contribution in [2.45, 2.75) is 11.3 Å². The molecule has 0 saturated carbocycles. The first-order chi connectivity index (χ1) is 13.4. The van der Waals surface area contributed by atoms with E-state index in [1.54, 1.807) is 12.1 Å². The largest absolute Gasteiger partial charge is 0.515 e. The number of rotatable bonds is 4. The Morgan fingerprint density at radius 1 is 1.43 bits per heavy atom. The number of para-hydroxylation sites is 1. The zero-order valence-electron chi connectivity index (χ0n) is 14.3. The van der Waals surface area contributed by atoms with Gasteiger partial charge in [0.1, 0.15) is 16.4 Å². The highest BCUT2D eigenvalue weighted by Gasteiger charge is 2.73. The van der Waals surface area contributed by atoms with Gasteiger partial charge >= 0.3 is 17.9 Å². The van der Waals surface area contributed by atoms with Gasteiger partial charge in [-0.25, -0.2) is 9.59 Å². The molecule has 2 aliphatic rings. The van der Waals surface area contributed by atoms with Gasteiger partial charge in [0.25, 0.3) is 5.91 Å². The van der Waals surface area contributed by atoms with E-state index in [9.17, 15) is 14.4 Å². The maximum absolute atomic E-state index is 13.3. The fourth-order valence-corrected chi connectivity index (χ4v) is 5.20. The maximum Gasteiger partial charge on any atom is 0.515 e. The van der Waals surface area contributed by atoms with E-state index in [-0.39, 0.29) is 16.7 Å². The monoisotopic (exact) mass is 424 g/mol. The number of ether oxygens (including phenoxy) is 1. The summed E-state index contributed by atoms with van der Waals surface area (Å²) in [7, 11) is 0. The average molecular weight is 425 g/mol. The van der Waals surface area contributed by atoms with E-state index in [2.05, 4.69) is 5.43 Å². The second-order valence-corrected chi connectivity index (χ2v) is 7.81. The highest BCUT2D eigenvalue weighted by molar-refractivity contribution is 8.00. The Balaban J connectivity index is 1.79. The Kier molecular flexibility index (Phi) is 4.58. The molecule has 0 radical (unpaired) electrons. The molecular weight excluding hydrogens is 410 g/mol. The van der Waals surface area contributed by atoms with Crippen LogP contribution in [0.1, 0.15) is 11.7 Å². The highest BCUT2D eigenvalue weighted by Crippen LogP contribution is 2.54. The topological polar surface area (TPSA) is 132 Å². The zero-order valence-corrected chi connectivity index (χ0v) is 15.8. The molecule has 0 bridgehead atoms. The molecule has 146 valence electrons. The summed E-state index contributed by atoms with van der Waals surface area (Å²) in [6, 6.07) is 9.06. The number of amides is 2. The van der Waals surface area contributed by atoms with Crippen molar-refractivity contribution in [3.8, 4) is 0 Å². The number of carbonyl (C=O) groups is 3. The number of nitrogens with one attached hydrogen (secondary N) is 1. The lowest BCUT2D eigenvalue weighted by molar-refractivity contribution is -0.906. The van der Waals surface area contributed by atoms with Crippen LogP contribution in [0, 0.1) is 0 Å². The highest BCUT2D eigenvalue weighted by atomic mass is 35.5. The third kappa shape index (κ3) is 2.68. The number of halogens is 1. The lowest BCUT2D eigenvalue weighted by atomic mass is 9.93. The van der Waals surface area contributed by atoms with Crippen molar-refractivity contribution in [2.75, 3.05) is 12.3 Å². The number of carbonyl (C=O) groups excluding carboxylic acids is 2. The molecule has 9 nitrogen and oxygen atoms in total. The lowest BCUT2D eigenvalue weighted by Gasteiger charge is -2.51. The summed E-state index contributed by atoms with van der Waals surface area (Å²) >= 11 is 7.45. The normalized spacial score (nSPS) is 26.6. The Bertz CT molecular complexity index is 1000. The van der Waals surface area contributed by atoms with E-state index < -0.39 is 40.4 Å². The van der Waals surface area contributed by atoms with Gasteiger partial charge in [-0.1, -0.05) is 46.2 Å². The van der Waals surface area contributed by atoms with Gasteiger partial charge in [0.15, 0.2) is 11.3 Å². The van der Waals surface area contributed by atoms with E-state index in [1.165, 1.54) is 11.8 Å². The predicted octanol–water partition coefficient (Wildman–Crippen LogP) is 2.04. The second kappa shape index (κ2) is 6.82. The standard InChI is InChI=1S/C17H14ClN3O6S/c18-9-7-28-16-13(11-5-8-3-1-2-4-10(8)26-11)14(23)21(16,20-12(22)6-19)15(9)27-17(24)25/h1-5,13,16H,6-7,19H2,(H-,20,22,24,25)/p+1/t13?,16-,21?/m0/s1. The second-order valence-electron chi connectivity index (χ2n) is 6.24. The third-order valence-electron chi connectivity index (χ3n) is 4.64. The Labute approximate surface area is 167 Å². The summed E-state index contributed by atoms with van der Waals surface area (Å²) in [5, 5.41) is 9.33. The molecule has 0 aliphatic carbocycles. The van der Waals surface area contributed by atoms with E-state index in [1.807, 2.05) is 18.2 Å². The summed E-state index contributed by atoms with van der Waals surface area (Å²) in [5.74, 6) is -1.58. The van der Waals surface area contributed by atoms with Crippen LogP contribution in [0.3, 0.4) is 0 Å². The number of benzene rings is 1. The number of β-lactam (4-membered cyclic amide) rings is 1. The van der Waals surface area contributed by atoms with Gasteiger partial charge in [-0.2, -0.15) is 5.43 Å². The van der Waals surface area contributed by atoms with E-state index >= 15 is 0 Å². The smallest absolute Gasteiger partial charge is 0.460 e. The number of hydrogen-bond donors (Lipinski definition) is 3. The van der Waals surface area contributed by atoms with Crippen molar-refractivity contribution in [3.05, 3.63) is 47.0 Å². The van der Waals surface area contributed by atoms with E-state index in [0.717, 1.165) is 5.39 Å². The molecule has 0 spiro atoms. The molecule has 4 N–H and O–H groups in total. The molecule has 1 saturated heterocycles. The summed E-state index contributed by atoms with van der Waals surface area (Å²) < 4.78 is 9.79. The Hall–Kier alpha value is -2.53. The molecule has 3 atom stereocenters. The van der Waals surface area contributed by atoms with Crippen LogP contribution in [0.15, 0.2) is 45.7 Å². The van der Waals surface area contributed by atoms with Crippen LogP contribution in [0.5, 0.6) is 0 Å². The molecule has 2 amide bonds. The van der Waals surface area contributed by atoms with Gasteiger partial charge in [-0.15, -0.1) is 0 Å². The molecule has 28 heavy (non-hydrogen) atoms. The molecule has 1 aromatic carbocycles. The number of hydrogen-bond acceptors (Lipinski definition) is 7. The third-order valence-corrected chi connectivity index (χ3v) is 6.47. The maximum atomic E-state index is 13.3. The van der Waals surface area contributed by atoms with Crippen molar-refractivity contribution in [2.24, 2.45) is 5.73 Å². The van der Waals surface area contributed by atoms with Crippen LogP contribution in [0.25, 0.3) is 11.0 Å². The van der Waals surface area contributed by atoms with E-state index in [4.69, 9.17) is 31.6 Å². The zero-order chi connectivity index (χ0) is 20.1. The minimum Gasteiger partial charge on any atom is -0.460 e. The van der Waals surface area contributed by atoms with Gasteiger partial charge < -0.3 is 20.0 Å². The van der Waals surface area contributed by atoms with Gasteiger partial charge in [0, 0.05) is 11.1 Å². The van der Waals surface area contributed by atoms with Crippen molar-refractivity contribution in [1.82, 2.24) is 5.43 Å². The minimum absolute atomic E-state index is 0.0253.